The van der Waals surface area contributed by atoms with Crippen molar-refractivity contribution in [1.82, 2.24) is 14.8 Å². The summed E-state index contributed by atoms with van der Waals surface area (Å²) < 4.78 is 2.03. The van der Waals surface area contributed by atoms with E-state index in [0.29, 0.717) is 5.56 Å². The summed E-state index contributed by atoms with van der Waals surface area (Å²) in [6.45, 7) is 6.52. The summed E-state index contributed by atoms with van der Waals surface area (Å²) in [5.74, 6) is -0.356. The first-order chi connectivity index (χ1) is 8.25. The van der Waals surface area contributed by atoms with Gasteiger partial charge in [-0.1, -0.05) is 0 Å². The molecule has 1 aliphatic rings. The fraction of sp³-hybridized carbons (Fsp3) is 0.583. The van der Waals surface area contributed by atoms with Gasteiger partial charge < -0.3 is 20.5 Å². The van der Waals surface area contributed by atoms with Crippen molar-refractivity contribution >= 4 is 5.91 Å². The van der Waals surface area contributed by atoms with Gasteiger partial charge in [0.15, 0.2) is 0 Å². The molecule has 2 heterocycles. The third-order valence-corrected chi connectivity index (χ3v) is 3.14. The predicted octanol–water partition coefficient (Wildman–Crippen LogP) is -0.118. The van der Waals surface area contributed by atoms with Gasteiger partial charge in [0.1, 0.15) is 0 Å². The zero-order chi connectivity index (χ0) is 12.1. The number of piperazine rings is 1. The number of carbonyl (C=O) groups excluding carboxylic acids is 1. The Bertz CT molecular complexity index is 368. The average Bonchev–Trinajstić information content (AvgIpc) is 2.79. The van der Waals surface area contributed by atoms with Gasteiger partial charge in [-0.2, -0.15) is 0 Å². The highest BCUT2D eigenvalue weighted by atomic mass is 16.1. The quantitative estimate of drug-likeness (QED) is 0.749. The third kappa shape index (κ3) is 3.57. The lowest BCUT2D eigenvalue weighted by Gasteiger charge is -2.27. The van der Waals surface area contributed by atoms with Crippen LogP contribution in [0.3, 0.4) is 0 Å². The Labute approximate surface area is 102 Å². The van der Waals surface area contributed by atoms with E-state index in [9.17, 15) is 4.79 Å². The van der Waals surface area contributed by atoms with Gasteiger partial charge in [0.2, 0.25) is 5.91 Å². The van der Waals surface area contributed by atoms with Crippen molar-refractivity contribution in [3.05, 3.63) is 24.0 Å². The molecule has 0 spiro atoms. The standard InChI is InChI=1S/C12H20N4O/c13-12(17)11-2-7-16(10-11)6-1-5-15-8-3-14-4-9-15/h2,7,10,14H,1,3-6,8-9H2,(H2,13,17). The second-order valence-corrected chi connectivity index (χ2v) is 4.45. The monoisotopic (exact) mass is 236 g/mol. The molecule has 1 aromatic heterocycles. The van der Waals surface area contributed by atoms with Crippen molar-refractivity contribution in [2.24, 2.45) is 5.73 Å². The summed E-state index contributed by atoms with van der Waals surface area (Å²) in [6, 6.07) is 1.77. The number of nitrogens with zero attached hydrogens (tertiary/aromatic N) is 2. The maximum absolute atomic E-state index is 10.9. The van der Waals surface area contributed by atoms with E-state index in [4.69, 9.17) is 5.73 Å². The van der Waals surface area contributed by atoms with E-state index in [1.807, 2.05) is 17.0 Å². The van der Waals surface area contributed by atoms with Crippen molar-refractivity contribution in [2.45, 2.75) is 13.0 Å². The van der Waals surface area contributed by atoms with Crippen LogP contribution in [0.5, 0.6) is 0 Å². The minimum Gasteiger partial charge on any atom is -0.366 e. The lowest BCUT2D eigenvalue weighted by molar-refractivity contribution is 0.1000. The molecule has 1 fully saturated rings. The highest BCUT2D eigenvalue weighted by molar-refractivity contribution is 5.92. The Morgan fingerprint density at radius 1 is 1.35 bits per heavy atom. The molecule has 0 unspecified atom stereocenters. The zero-order valence-corrected chi connectivity index (χ0v) is 10.1. The van der Waals surface area contributed by atoms with Crippen LogP contribution in [0.25, 0.3) is 0 Å². The molecule has 17 heavy (non-hydrogen) atoms. The number of carbonyl (C=O) groups is 1. The number of amides is 1. The molecule has 1 saturated heterocycles. The summed E-state index contributed by atoms with van der Waals surface area (Å²) in [5.41, 5.74) is 5.80. The van der Waals surface area contributed by atoms with Crippen LogP contribution in [0, 0.1) is 0 Å². The smallest absolute Gasteiger partial charge is 0.250 e. The number of aromatic nitrogens is 1. The highest BCUT2D eigenvalue weighted by Gasteiger charge is 2.08. The van der Waals surface area contributed by atoms with Gasteiger partial charge in [-0.25, -0.2) is 0 Å². The van der Waals surface area contributed by atoms with Crippen molar-refractivity contribution in [3.8, 4) is 0 Å². The summed E-state index contributed by atoms with van der Waals surface area (Å²) in [4.78, 5) is 13.4. The molecule has 1 amide bonds. The molecule has 3 N–H and O–H groups in total. The molecule has 0 saturated carbocycles. The van der Waals surface area contributed by atoms with E-state index in [-0.39, 0.29) is 5.91 Å². The van der Waals surface area contributed by atoms with Crippen molar-refractivity contribution in [3.63, 3.8) is 0 Å². The number of nitrogens with two attached hydrogens (primary N) is 1. The Balaban J connectivity index is 1.71. The SMILES string of the molecule is NC(=O)c1ccn(CCCN2CCNCC2)c1. The van der Waals surface area contributed by atoms with E-state index >= 15 is 0 Å². The van der Waals surface area contributed by atoms with Crippen LogP contribution in [0.1, 0.15) is 16.8 Å². The van der Waals surface area contributed by atoms with E-state index in [2.05, 4.69) is 10.2 Å². The minimum absolute atomic E-state index is 0.356. The van der Waals surface area contributed by atoms with Crippen molar-refractivity contribution in [1.29, 1.82) is 0 Å². The van der Waals surface area contributed by atoms with Gasteiger partial charge >= 0.3 is 0 Å². The zero-order valence-electron chi connectivity index (χ0n) is 10.1. The van der Waals surface area contributed by atoms with Crippen LogP contribution in [0.15, 0.2) is 18.5 Å². The molecule has 0 atom stereocenters. The van der Waals surface area contributed by atoms with Gasteiger partial charge in [-0.15, -0.1) is 0 Å². The second-order valence-electron chi connectivity index (χ2n) is 4.45. The molecule has 94 valence electrons. The Morgan fingerprint density at radius 3 is 2.76 bits per heavy atom. The summed E-state index contributed by atoms with van der Waals surface area (Å²) in [6.07, 6.45) is 4.84. The van der Waals surface area contributed by atoms with Crippen molar-refractivity contribution in [2.75, 3.05) is 32.7 Å². The molecular weight excluding hydrogens is 216 g/mol. The summed E-state index contributed by atoms with van der Waals surface area (Å²) in [5, 5.41) is 3.34. The van der Waals surface area contributed by atoms with E-state index in [1.54, 1.807) is 6.07 Å². The summed E-state index contributed by atoms with van der Waals surface area (Å²) in [7, 11) is 0. The largest absolute Gasteiger partial charge is 0.366 e. The van der Waals surface area contributed by atoms with Crippen LogP contribution in [-0.2, 0) is 6.54 Å². The van der Waals surface area contributed by atoms with Crippen LogP contribution < -0.4 is 11.1 Å². The molecule has 0 bridgehead atoms. The molecular formula is C12H20N4O. The third-order valence-electron chi connectivity index (χ3n) is 3.14. The normalized spacial score (nSPS) is 17.2. The van der Waals surface area contributed by atoms with E-state index < -0.39 is 0 Å². The number of rotatable bonds is 5. The molecule has 0 aromatic carbocycles. The number of hydrogen-bond donors (Lipinski definition) is 2. The number of aryl methyl sites for hydroxylation is 1. The summed E-state index contributed by atoms with van der Waals surface area (Å²) >= 11 is 0. The Morgan fingerprint density at radius 2 is 2.12 bits per heavy atom. The Kier molecular flexibility index (Phi) is 4.17. The van der Waals surface area contributed by atoms with Crippen LogP contribution in [0.2, 0.25) is 0 Å². The van der Waals surface area contributed by atoms with Crippen LogP contribution >= 0.6 is 0 Å². The van der Waals surface area contributed by atoms with Gasteiger partial charge in [0.25, 0.3) is 0 Å². The average molecular weight is 236 g/mol. The van der Waals surface area contributed by atoms with Gasteiger partial charge in [0, 0.05) is 45.1 Å². The predicted molar refractivity (Wildman–Crippen MR) is 66.9 cm³/mol. The lowest BCUT2D eigenvalue weighted by Crippen LogP contribution is -2.43. The first kappa shape index (κ1) is 12.1. The Hall–Kier alpha value is -1.33. The van der Waals surface area contributed by atoms with Crippen LogP contribution in [0.4, 0.5) is 0 Å². The van der Waals surface area contributed by atoms with Gasteiger partial charge in [0.05, 0.1) is 5.56 Å². The van der Waals surface area contributed by atoms with E-state index in [1.165, 1.54) is 0 Å². The fourth-order valence-electron chi connectivity index (χ4n) is 2.14. The molecule has 5 nitrogen and oxygen atoms in total. The highest BCUT2D eigenvalue weighted by Crippen LogP contribution is 2.02. The van der Waals surface area contributed by atoms with Crippen molar-refractivity contribution < 1.29 is 4.79 Å². The number of hydrogen-bond acceptors (Lipinski definition) is 3. The molecule has 5 heteroatoms. The first-order valence-corrected chi connectivity index (χ1v) is 6.14. The van der Waals surface area contributed by atoms with Gasteiger partial charge in [-0.3, -0.25) is 4.79 Å². The number of primary amides is 1. The molecule has 1 aromatic rings. The maximum atomic E-state index is 10.9. The van der Waals surface area contributed by atoms with Crippen LogP contribution in [-0.4, -0.2) is 48.1 Å². The second kappa shape index (κ2) is 5.84. The van der Waals surface area contributed by atoms with Gasteiger partial charge in [-0.05, 0) is 19.0 Å². The molecule has 0 radical (unpaired) electrons. The first-order valence-electron chi connectivity index (χ1n) is 6.14. The number of nitrogens with one attached hydrogen (secondary N) is 1. The topological polar surface area (TPSA) is 63.3 Å². The fourth-order valence-corrected chi connectivity index (χ4v) is 2.14. The molecule has 2 rings (SSSR count). The molecule has 1 aliphatic heterocycles. The lowest BCUT2D eigenvalue weighted by atomic mass is 10.3. The molecule has 0 aliphatic carbocycles. The maximum Gasteiger partial charge on any atom is 0.250 e. The van der Waals surface area contributed by atoms with E-state index in [0.717, 1.165) is 45.7 Å². The minimum atomic E-state index is -0.356.